The second kappa shape index (κ2) is 5.11. The maximum Gasteiger partial charge on any atom is 0.231 e. The lowest BCUT2D eigenvalue weighted by Crippen LogP contribution is -2.36. The summed E-state index contributed by atoms with van der Waals surface area (Å²) < 4.78 is 0. The van der Waals surface area contributed by atoms with Crippen molar-refractivity contribution in [2.75, 3.05) is 5.73 Å². The Morgan fingerprint density at radius 2 is 2.00 bits per heavy atom. The van der Waals surface area contributed by atoms with E-state index in [9.17, 15) is 4.79 Å². The van der Waals surface area contributed by atoms with Crippen LogP contribution in [0.2, 0.25) is 0 Å². The van der Waals surface area contributed by atoms with E-state index in [0.29, 0.717) is 5.13 Å². The van der Waals surface area contributed by atoms with Gasteiger partial charge in [0.05, 0.1) is 11.5 Å². The molecule has 110 valence electrons. The van der Waals surface area contributed by atoms with Crippen LogP contribution >= 0.6 is 11.3 Å². The number of nitrogens with one attached hydrogen (secondary N) is 1. The molecule has 0 radical (unpaired) electrons. The van der Waals surface area contributed by atoms with Gasteiger partial charge in [-0.25, -0.2) is 0 Å². The van der Waals surface area contributed by atoms with E-state index < -0.39 is 0 Å². The summed E-state index contributed by atoms with van der Waals surface area (Å²) >= 11 is 1.31. The Morgan fingerprint density at radius 1 is 1.33 bits per heavy atom. The van der Waals surface area contributed by atoms with Gasteiger partial charge in [-0.15, -0.1) is 10.2 Å². The topological polar surface area (TPSA) is 80.9 Å². The highest BCUT2D eigenvalue weighted by Crippen LogP contribution is 2.48. The van der Waals surface area contributed by atoms with Gasteiger partial charge in [0.15, 0.2) is 0 Å². The summed E-state index contributed by atoms with van der Waals surface area (Å²) in [4.78, 5) is 12.6. The number of nitrogens with zero attached hydrogens (tertiary/aromatic N) is 2. The summed E-state index contributed by atoms with van der Waals surface area (Å²) in [5, 5.41) is 12.0. The van der Waals surface area contributed by atoms with Gasteiger partial charge in [-0.1, -0.05) is 41.2 Å². The normalized spacial score (nSPS) is 17.2. The van der Waals surface area contributed by atoms with Crippen molar-refractivity contribution in [3.63, 3.8) is 0 Å². The number of nitrogen functional groups attached to an aromatic ring is 1. The second-order valence-electron chi connectivity index (χ2n) is 5.62. The number of benzene rings is 1. The molecular weight excluding hydrogens is 284 g/mol. The zero-order valence-corrected chi connectivity index (χ0v) is 12.9. The fraction of sp³-hybridized carbons (Fsp3) is 0.400. The number of anilines is 1. The fourth-order valence-electron chi connectivity index (χ4n) is 2.46. The Morgan fingerprint density at radius 3 is 2.52 bits per heavy atom. The highest BCUT2D eigenvalue weighted by atomic mass is 32.1. The minimum atomic E-state index is -0.363. The van der Waals surface area contributed by atoms with Crippen molar-refractivity contribution in [2.24, 2.45) is 0 Å². The number of aromatic nitrogens is 2. The highest BCUT2D eigenvalue weighted by Gasteiger charge is 2.51. The first-order chi connectivity index (χ1) is 10.0. The minimum Gasteiger partial charge on any atom is -0.374 e. The summed E-state index contributed by atoms with van der Waals surface area (Å²) in [5.74, 6) is 0.0626. The third-order valence-corrected chi connectivity index (χ3v) is 4.90. The molecule has 1 aliphatic rings. The molecule has 1 fully saturated rings. The number of aryl methyl sites for hydroxylation is 1. The molecule has 5 nitrogen and oxygen atoms in total. The van der Waals surface area contributed by atoms with Gasteiger partial charge >= 0.3 is 0 Å². The van der Waals surface area contributed by atoms with Crippen LogP contribution in [0, 0.1) is 6.92 Å². The standard InChI is InChI=1S/C15H18N4OS/c1-9-3-5-11(6-4-9)15(7-8-15)13(20)17-10(2)12-18-19-14(16)21-12/h3-6,10H,7-8H2,1-2H3,(H2,16,19)(H,17,20)/t10-/m1/s1. The molecular formula is C15H18N4OS. The minimum absolute atomic E-state index is 0.0626. The molecule has 21 heavy (non-hydrogen) atoms. The molecule has 1 atom stereocenters. The summed E-state index contributed by atoms with van der Waals surface area (Å²) in [6.07, 6.45) is 1.79. The van der Waals surface area contributed by atoms with E-state index in [4.69, 9.17) is 5.73 Å². The van der Waals surface area contributed by atoms with Gasteiger partial charge in [-0.2, -0.15) is 0 Å². The summed E-state index contributed by atoms with van der Waals surface area (Å²) in [7, 11) is 0. The first kappa shape index (κ1) is 14.0. The van der Waals surface area contributed by atoms with E-state index >= 15 is 0 Å². The van der Waals surface area contributed by atoms with E-state index in [2.05, 4.69) is 39.8 Å². The van der Waals surface area contributed by atoms with Crippen LogP contribution < -0.4 is 11.1 Å². The largest absolute Gasteiger partial charge is 0.374 e. The monoisotopic (exact) mass is 302 g/mol. The predicted octanol–water partition coefficient (Wildman–Crippen LogP) is 2.34. The van der Waals surface area contributed by atoms with E-state index in [1.807, 2.05) is 13.8 Å². The van der Waals surface area contributed by atoms with Gasteiger partial charge in [-0.05, 0) is 32.3 Å². The highest BCUT2D eigenvalue weighted by molar-refractivity contribution is 7.15. The lowest BCUT2D eigenvalue weighted by molar-refractivity contribution is -0.124. The number of hydrogen-bond acceptors (Lipinski definition) is 5. The quantitative estimate of drug-likeness (QED) is 0.908. The molecule has 0 bridgehead atoms. The van der Waals surface area contributed by atoms with Crippen molar-refractivity contribution in [1.29, 1.82) is 0 Å². The second-order valence-corrected chi connectivity index (χ2v) is 6.66. The summed E-state index contributed by atoms with van der Waals surface area (Å²) in [6, 6.07) is 8.04. The van der Waals surface area contributed by atoms with E-state index in [-0.39, 0.29) is 17.4 Å². The molecule has 3 rings (SSSR count). The van der Waals surface area contributed by atoms with Crippen LogP contribution in [0.5, 0.6) is 0 Å². The third-order valence-electron chi connectivity index (χ3n) is 3.96. The van der Waals surface area contributed by atoms with Crippen LogP contribution in [0.25, 0.3) is 0 Å². The molecule has 1 aromatic carbocycles. The average molecular weight is 302 g/mol. The van der Waals surface area contributed by atoms with Crippen LogP contribution in [0.4, 0.5) is 5.13 Å². The van der Waals surface area contributed by atoms with E-state index in [1.54, 1.807) is 0 Å². The zero-order valence-electron chi connectivity index (χ0n) is 12.1. The molecule has 6 heteroatoms. The number of amides is 1. The maximum absolute atomic E-state index is 12.6. The molecule has 0 unspecified atom stereocenters. The van der Waals surface area contributed by atoms with Gasteiger partial charge in [0.1, 0.15) is 5.01 Å². The van der Waals surface area contributed by atoms with Crippen LogP contribution in [-0.4, -0.2) is 16.1 Å². The number of carbonyl (C=O) groups excluding carboxylic acids is 1. The number of hydrogen-bond donors (Lipinski definition) is 2. The zero-order chi connectivity index (χ0) is 15.0. The molecule has 0 spiro atoms. The Labute approximate surface area is 127 Å². The van der Waals surface area contributed by atoms with Gasteiger partial charge in [0, 0.05) is 0 Å². The number of rotatable bonds is 4. The molecule has 2 aromatic rings. The average Bonchev–Trinajstić information content (AvgIpc) is 3.16. The fourth-order valence-corrected chi connectivity index (χ4v) is 3.08. The Kier molecular flexibility index (Phi) is 3.41. The van der Waals surface area contributed by atoms with Gasteiger partial charge in [0.2, 0.25) is 11.0 Å². The van der Waals surface area contributed by atoms with Crippen molar-refractivity contribution in [2.45, 2.75) is 38.1 Å². The molecule has 0 saturated heterocycles. The molecule has 1 amide bonds. The van der Waals surface area contributed by atoms with Gasteiger partial charge in [-0.3, -0.25) is 4.79 Å². The SMILES string of the molecule is Cc1ccc(C2(C(=O)N[C@H](C)c3nnc(N)s3)CC2)cc1. The molecule has 1 aromatic heterocycles. The van der Waals surface area contributed by atoms with Crippen molar-refractivity contribution in [3.05, 3.63) is 40.4 Å². The predicted molar refractivity (Wildman–Crippen MR) is 83.0 cm³/mol. The lowest BCUT2D eigenvalue weighted by Gasteiger charge is -2.18. The third kappa shape index (κ3) is 2.63. The van der Waals surface area contributed by atoms with Crippen molar-refractivity contribution >= 4 is 22.4 Å². The van der Waals surface area contributed by atoms with Gasteiger partial charge in [0.25, 0.3) is 0 Å². The van der Waals surface area contributed by atoms with Crippen molar-refractivity contribution < 1.29 is 4.79 Å². The molecule has 1 saturated carbocycles. The number of carbonyl (C=O) groups is 1. The van der Waals surface area contributed by atoms with Crippen molar-refractivity contribution in [3.8, 4) is 0 Å². The Balaban J connectivity index is 1.74. The summed E-state index contributed by atoms with van der Waals surface area (Å²) in [6.45, 7) is 3.95. The van der Waals surface area contributed by atoms with Crippen LogP contribution in [0.1, 0.15) is 41.9 Å². The maximum atomic E-state index is 12.6. The van der Waals surface area contributed by atoms with E-state index in [0.717, 1.165) is 23.4 Å². The molecule has 1 aliphatic carbocycles. The van der Waals surface area contributed by atoms with Crippen LogP contribution in [0.3, 0.4) is 0 Å². The smallest absolute Gasteiger partial charge is 0.231 e. The van der Waals surface area contributed by atoms with Crippen molar-refractivity contribution in [1.82, 2.24) is 15.5 Å². The Bertz CT molecular complexity index is 661. The van der Waals surface area contributed by atoms with E-state index in [1.165, 1.54) is 16.9 Å². The molecule has 0 aliphatic heterocycles. The first-order valence-electron chi connectivity index (χ1n) is 6.98. The molecule has 1 heterocycles. The van der Waals surface area contributed by atoms with Gasteiger partial charge < -0.3 is 11.1 Å². The van der Waals surface area contributed by atoms with Crippen LogP contribution in [0.15, 0.2) is 24.3 Å². The summed E-state index contributed by atoms with van der Waals surface area (Å²) in [5.41, 5.74) is 7.51. The van der Waals surface area contributed by atoms with Crippen LogP contribution in [-0.2, 0) is 10.2 Å². The Hall–Kier alpha value is -1.95. The molecule has 3 N–H and O–H groups in total. The first-order valence-corrected chi connectivity index (χ1v) is 7.80. The number of nitrogens with two attached hydrogens (primary N) is 1. The lowest BCUT2D eigenvalue weighted by atomic mass is 9.94.